The number of fused-ring (bicyclic) bond motifs is 1. The molecule has 0 atom stereocenters. The monoisotopic (exact) mass is 332 g/mol. The quantitative estimate of drug-likeness (QED) is 0.859. The van der Waals surface area contributed by atoms with Crippen LogP contribution in [0.5, 0.6) is 0 Å². The second-order valence-corrected chi connectivity index (χ2v) is 7.31. The topological polar surface area (TPSA) is 58.6 Å². The highest BCUT2D eigenvalue weighted by molar-refractivity contribution is 5.80. The number of amides is 2. The molecule has 2 aliphatic rings. The third kappa shape index (κ3) is 5.55. The lowest BCUT2D eigenvalue weighted by molar-refractivity contribution is -0.121. The van der Waals surface area contributed by atoms with Crippen molar-refractivity contribution in [1.82, 2.24) is 10.2 Å². The molecule has 1 heterocycles. The number of carbonyl (C=O) groups is 2. The van der Waals surface area contributed by atoms with Crippen LogP contribution in [0.3, 0.4) is 0 Å². The zero-order valence-corrected chi connectivity index (χ0v) is 15.1. The number of rotatable bonds is 1. The molecular weight excluding hydrogens is 304 g/mol. The van der Waals surface area contributed by atoms with Gasteiger partial charge in [0, 0.05) is 26.1 Å². The largest absolute Gasteiger partial charge is 0.444 e. The summed E-state index contributed by atoms with van der Waals surface area (Å²) in [6.45, 7) is 7.07. The third-order valence-corrected chi connectivity index (χ3v) is 3.98. The van der Waals surface area contributed by atoms with Crippen molar-refractivity contribution in [1.29, 1.82) is 0 Å². The van der Waals surface area contributed by atoms with Crippen LogP contribution >= 0.6 is 0 Å². The predicted octanol–water partition coefficient (Wildman–Crippen LogP) is 3.12. The van der Waals surface area contributed by atoms with Crippen LogP contribution in [0, 0.1) is 5.92 Å². The first-order valence-corrected chi connectivity index (χ1v) is 8.56. The van der Waals surface area contributed by atoms with Gasteiger partial charge in [0.1, 0.15) is 5.60 Å². The van der Waals surface area contributed by atoms with Gasteiger partial charge in [-0.05, 0) is 51.2 Å². The first-order valence-electron chi connectivity index (χ1n) is 8.56. The van der Waals surface area contributed by atoms with Crippen molar-refractivity contribution in [3.63, 3.8) is 0 Å². The number of ether oxygens (including phenoxy) is 1. The minimum Gasteiger partial charge on any atom is -0.444 e. The number of carbonyl (C=O) groups excluding carboxylic acids is 2. The Hall–Kier alpha value is -2.04. The van der Waals surface area contributed by atoms with E-state index in [4.69, 9.17) is 4.74 Å². The molecule has 0 radical (unpaired) electrons. The molecule has 0 aromatic heterocycles. The first kappa shape index (κ1) is 18.3. The minimum atomic E-state index is -0.423. The fourth-order valence-corrected chi connectivity index (χ4v) is 2.53. The van der Waals surface area contributed by atoms with Gasteiger partial charge >= 0.3 is 6.09 Å². The fourth-order valence-electron chi connectivity index (χ4n) is 2.53. The molecule has 3 rings (SSSR count). The maximum atomic E-state index is 11.9. The van der Waals surface area contributed by atoms with E-state index in [9.17, 15) is 9.59 Å². The number of hydrogen-bond acceptors (Lipinski definition) is 3. The van der Waals surface area contributed by atoms with Crippen LogP contribution in [0.25, 0.3) is 0 Å². The smallest absolute Gasteiger partial charge is 0.410 e. The lowest BCUT2D eigenvalue weighted by Crippen LogP contribution is -2.39. The zero-order valence-electron chi connectivity index (χ0n) is 15.1. The average Bonchev–Trinajstić information content (AvgIpc) is 3.37. The summed E-state index contributed by atoms with van der Waals surface area (Å²) >= 11 is 0. The molecule has 1 fully saturated rings. The molecule has 1 aromatic carbocycles. The molecule has 0 saturated heterocycles. The Labute approximate surface area is 144 Å². The molecule has 0 spiro atoms. The number of nitrogens with zero attached hydrogens (tertiary/aromatic N) is 1. The van der Waals surface area contributed by atoms with E-state index in [0.29, 0.717) is 12.5 Å². The first-order chi connectivity index (χ1) is 11.3. The van der Waals surface area contributed by atoms with E-state index in [1.165, 1.54) is 11.1 Å². The van der Waals surface area contributed by atoms with Crippen molar-refractivity contribution in [3.05, 3.63) is 35.4 Å². The van der Waals surface area contributed by atoms with Crippen molar-refractivity contribution in [2.75, 3.05) is 13.6 Å². The van der Waals surface area contributed by atoms with E-state index in [0.717, 1.165) is 25.8 Å². The van der Waals surface area contributed by atoms with E-state index in [-0.39, 0.29) is 12.0 Å². The predicted molar refractivity (Wildman–Crippen MR) is 93.6 cm³/mol. The van der Waals surface area contributed by atoms with Crippen LogP contribution in [-0.2, 0) is 22.5 Å². The van der Waals surface area contributed by atoms with Crippen molar-refractivity contribution in [2.45, 2.75) is 52.2 Å². The Morgan fingerprint density at radius 2 is 1.79 bits per heavy atom. The highest BCUT2D eigenvalue weighted by Gasteiger charge is 2.28. The summed E-state index contributed by atoms with van der Waals surface area (Å²) < 4.78 is 5.38. The number of nitrogens with one attached hydrogen (secondary N) is 1. The van der Waals surface area contributed by atoms with Gasteiger partial charge in [-0.15, -0.1) is 0 Å². The van der Waals surface area contributed by atoms with Gasteiger partial charge in [-0.25, -0.2) is 4.79 Å². The van der Waals surface area contributed by atoms with E-state index >= 15 is 0 Å². The molecule has 1 saturated carbocycles. The van der Waals surface area contributed by atoms with Crippen LogP contribution in [-0.4, -0.2) is 36.1 Å². The maximum absolute atomic E-state index is 11.9. The SMILES string of the molecule is CC(C)(C)OC(=O)N1CCc2ccccc2C1.CNC(=O)C1CC1. The van der Waals surface area contributed by atoms with Crippen molar-refractivity contribution in [2.24, 2.45) is 5.92 Å². The molecule has 1 N–H and O–H groups in total. The third-order valence-electron chi connectivity index (χ3n) is 3.98. The second-order valence-electron chi connectivity index (χ2n) is 7.31. The van der Waals surface area contributed by atoms with Crippen LogP contribution in [0.2, 0.25) is 0 Å². The Bertz CT molecular complexity index is 589. The van der Waals surface area contributed by atoms with Gasteiger partial charge in [-0.2, -0.15) is 0 Å². The van der Waals surface area contributed by atoms with Gasteiger partial charge < -0.3 is 15.0 Å². The summed E-state index contributed by atoms with van der Waals surface area (Å²) in [6, 6.07) is 8.26. The average molecular weight is 332 g/mol. The highest BCUT2D eigenvalue weighted by atomic mass is 16.6. The van der Waals surface area contributed by atoms with Crippen LogP contribution in [0.4, 0.5) is 4.79 Å². The summed E-state index contributed by atoms with van der Waals surface area (Å²) in [5.41, 5.74) is 2.14. The molecule has 0 bridgehead atoms. The van der Waals surface area contributed by atoms with Crippen LogP contribution in [0.15, 0.2) is 24.3 Å². The summed E-state index contributed by atoms with van der Waals surface area (Å²) in [5.74, 6) is 0.574. The van der Waals surface area contributed by atoms with Gasteiger partial charge in [0.2, 0.25) is 5.91 Å². The zero-order chi connectivity index (χ0) is 17.7. The Kier molecular flexibility index (Phi) is 5.86. The van der Waals surface area contributed by atoms with E-state index < -0.39 is 5.60 Å². The molecule has 1 aliphatic heterocycles. The summed E-state index contributed by atoms with van der Waals surface area (Å²) in [7, 11) is 1.68. The van der Waals surface area contributed by atoms with Crippen molar-refractivity contribution in [3.8, 4) is 0 Å². The molecular formula is C19H28N2O3. The molecule has 24 heavy (non-hydrogen) atoms. The molecule has 132 valence electrons. The van der Waals surface area contributed by atoms with E-state index in [2.05, 4.69) is 17.4 Å². The standard InChI is InChI=1S/C14H19NO2.C5H9NO/c1-14(2,3)17-13(16)15-9-8-11-6-4-5-7-12(11)10-15;1-6-5(7)4-2-3-4/h4-7H,8-10H2,1-3H3;4H,2-3H2,1H3,(H,6,7). The van der Waals surface area contributed by atoms with Crippen molar-refractivity contribution < 1.29 is 14.3 Å². The second kappa shape index (κ2) is 7.69. The molecule has 0 unspecified atom stereocenters. The molecule has 5 nitrogen and oxygen atoms in total. The highest BCUT2D eigenvalue weighted by Crippen LogP contribution is 2.28. The van der Waals surface area contributed by atoms with E-state index in [1.807, 2.05) is 32.9 Å². The maximum Gasteiger partial charge on any atom is 0.410 e. The summed E-state index contributed by atoms with van der Waals surface area (Å²) in [5, 5.41) is 2.59. The Balaban J connectivity index is 0.000000249. The molecule has 1 aliphatic carbocycles. The van der Waals surface area contributed by atoms with Gasteiger partial charge in [-0.1, -0.05) is 24.3 Å². The molecule has 1 aromatic rings. The fraction of sp³-hybridized carbons (Fsp3) is 0.579. The molecule has 5 heteroatoms. The lowest BCUT2D eigenvalue weighted by Gasteiger charge is -2.31. The summed E-state index contributed by atoms with van der Waals surface area (Å²) in [6.07, 6.45) is 2.89. The Morgan fingerprint density at radius 3 is 2.29 bits per heavy atom. The molecule has 2 amide bonds. The van der Waals surface area contributed by atoms with Gasteiger partial charge in [0.15, 0.2) is 0 Å². The van der Waals surface area contributed by atoms with Gasteiger partial charge in [0.25, 0.3) is 0 Å². The number of benzene rings is 1. The van der Waals surface area contributed by atoms with Gasteiger partial charge in [0.05, 0.1) is 0 Å². The normalized spacial score (nSPS) is 16.4. The van der Waals surface area contributed by atoms with Crippen LogP contribution in [0.1, 0.15) is 44.7 Å². The van der Waals surface area contributed by atoms with Crippen molar-refractivity contribution >= 4 is 12.0 Å². The van der Waals surface area contributed by atoms with Crippen LogP contribution < -0.4 is 5.32 Å². The number of hydrogen-bond donors (Lipinski definition) is 1. The Morgan fingerprint density at radius 1 is 1.17 bits per heavy atom. The lowest BCUT2D eigenvalue weighted by atomic mass is 10.0. The minimum absolute atomic E-state index is 0.208. The van der Waals surface area contributed by atoms with E-state index in [1.54, 1.807) is 11.9 Å². The van der Waals surface area contributed by atoms with Gasteiger partial charge in [-0.3, -0.25) is 4.79 Å². The summed E-state index contributed by atoms with van der Waals surface area (Å²) in [4.78, 5) is 24.2.